The first kappa shape index (κ1) is 20.9. The van der Waals surface area contributed by atoms with Gasteiger partial charge in [-0.25, -0.2) is 0 Å². The van der Waals surface area contributed by atoms with Gasteiger partial charge in [0.25, 0.3) is 0 Å². The summed E-state index contributed by atoms with van der Waals surface area (Å²) in [6.45, 7) is 5.12. The first-order valence-electron chi connectivity index (χ1n) is 10.0. The van der Waals surface area contributed by atoms with Crippen molar-refractivity contribution in [2.24, 2.45) is 0 Å². The normalized spacial score (nSPS) is 10.9. The molecule has 0 aliphatic rings. The molecule has 7 nitrogen and oxygen atoms in total. The van der Waals surface area contributed by atoms with Crippen LogP contribution in [0.25, 0.3) is 17.0 Å². The quantitative estimate of drug-likeness (QED) is 0.425. The molecule has 31 heavy (non-hydrogen) atoms. The Labute approximate surface area is 184 Å². The van der Waals surface area contributed by atoms with Crippen molar-refractivity contribution < 1.29 is 9.53 Å². The summed E-state index contributed by atoms with van der Waals surface area (Å²) in [7, 11) is 0. The first-order chi connectivity index (χ1) is 15.1. The Morgan fingerprint density at radius 1 is 1.03 bits per heavy atom. The number of benzene rings is 2. The molecule has 4 rings (SSSR count). The molecular formula is C23H23N5O2S. The van der Waals surface area contributed by atoms with Crippen molar-refractivity contribution in [1.29, 1.82) is 0 Å². The van der Waals surface area contributed by atoms with E-state index < -0.39 is 0 Å². The number of fused-ring (bicyclic) bond motifs is 1. The maximum atomic E-state index is 12.2. The Hall–Kier alpha value is -3.39. The van der Waals surface area contributed by atoms with E-state index in [9.17, 15) is 4.79 Å². The number of hydrogen-bond acceptors (Lipinski definition) is 6. The lowest BCUT2D eigenvalue weighted by Crippen LogP contribution is -2.24. The first-order valence-corrected chi connectivity index (χ1v) is 11.0. The number of nitrogens with one attached hydrogen (secondary N) is 1. The standard InChI is InChI=1S/C23H23N5O2S/c1-3-30-19-10-8-18(9-11-19)23-26-25-20-12-13-22(27-28(20)23)31-15-21(29)24-14-17-6-4-16(2)5-7-17/h4-13H,3,14-15H2,1-2H3,(H,24,29). The van der Waals surface area contributed by atoms with Crippen LogP contribution in [0, 0.1) is 6.92 Å². The number of aryl methyl sites for hydroxylation is 1. The van der Waals surface area contributed by atoms with E-state index in [1.165, 1.54) is 17.3 Å². The molecule has 0 saturated carbocycles. The molecule has 0 aliphatic heterocycles. The summed E-state index contributed by atoms with van der Waals surface area (Å²) < 4.78 is 7.19. The molecule has 2 aromatic carbocycles. The van der Waals surface area contributed by atoms with Crippen LogP contribution >= 0.6 is 11.8 Å². The molecule has 0 unspecified atom stereocenters. The minimum absolute atomic E-state index is 0.0389. The Morgan fingerprint density at radius 3 is 2.55 bits per heavy atom. The summed E-state index contributed by atoms with van der Waals surface area (Å²) in [4.78, 5) is 12.2. The van der Waals surface area contributed by atoms with E-state index in [2.05, 4.69) is 20.6 Å². The minimum Gasteiger partial charge on any atom is -0.494 e. The number of rotatable bonds is 8. The average molecular weight is 434 g/mol. The molecular weight excluding hydrogens is 410 g/mol. The van der Waals surface area contributed by atoms with E-state index in [0.29, 0.717) is 24.6 Å². The summed E-state index contributed by atoms with van der Waals surface area (Å²) in [6, 6.07) is 19.5. The fourth-order valence-corrected chi connectivity index (χ4v) is 3.68. The second-order valence-electron chi connectivity index (χ2n) is 6.97. The Kier molecular flexibility index (Phi) is 6.47. The number of carbonyl (C=O) groups excluding carboxylic acids is 1. The number of hydrogen-bond donors (Lipinski definition) is 1. The highest BCUT2D eigenvalue weighted by Crippen LogP contribution is 2.23. The maximum absolute atomic E-state index is 12.2. The van der Waals surface area contributed by atoms with Gasteiger partial charge < -0.3 is 10.1 Å². The number of aromatic nitrogens is 4. The van der Waals surface area contributed by atoms with Crippen LogP contribution in [0.3, 0.4) is 0 Å². The van der Waals surface area contributed by atoms with Crippen LogP contribution in [0.15, 0.2) is 65.7 Å². The van der Waals surface area contributed by atoms with Gasteiger partial charge in [0, 0.05) is 12.1 Å². The Bertz CT molecular complexity index is 1170. The predicted molar refractivity (Wildman–Crippen MR) is 121 cm³/mol. The van der Waals surface area contributed by atoms with Crippen molar-refractivity contribution in [3.05, 3.63) is 71.8 Å². The number of amides is 1. The molecule has 0 radical (unpaired) electrons. The summed E-state index contributed by atoms with van der Waals surface area (Å²) >= 11 is 1.38. The van der Waals surface area contributed by atoms with E-state index in [4.69, 9.17) is 4.74 Å². The third-order valence-electron chi connectivity index (χ3n) is 4.62. The second-order valence-corrected chi connectivity index (χ2v) is 7.97. The largest absolute Gasteiger partial charge is 0.494 e. The van der Waals surface area contributed by atoms with Crippen LogP contribution in [-0.4, -0.2) is 38.1 Å². The molecule has 2 heterocycles. The molecule has 0 atom stereocenters. The van der Waals surface area contributed by atoms with Gasteiger partial charge in [-0.1, -0.05) is 41.6 Å². The number of nitrogens with zero attached hydrogens (tertiary/aromatic N) is 4. The lowest BCUT2D eigenvalue weighted by Gasteiger charge is -2.06. The lowest BCUT2D eigenvalue weighted by atomic mass is 10.1. The van der Waals surface area contributed by atoms with Gasteiger partial charge in [-0.05, 0) is 55.8 Å². The zero-order chi connectivity index (χ0) is 21.6. The van der Waals surface area contributed by atoms with Crippen LogP contribution in [-0.2, 0) is 11.3 Å². The van der Waals surface area contributed by atoms with E-state index >= 15 is 0 Å². The molecule has 0 bridgehead atoms. The maximum Gasteiger partial charge on any atom is 0.230 e. The molecule has 0 fully saturated rings. The van der Waals surface area contributed by atoms with Crippen molar-refractivity contribution >= 4 is 23.3 Å². The summed E-state index contributed by atoms with van der Waals surface area (Å²) in [5, 5.41) is 16.7. The van der Waals surface area contributed by atoms with Gasteiger partial charge in [-0.3, -0.25) is 4.79 Å². The molecule has 0 saturated heterocycles. The van der Waals surface area contributed by atoms with Gasteiger partial charge in [0.15, 0.2) is 11.5 Å². The molecule has 0 aliphatic carbocycles. The van der Waals surface area contributed by atoms with Crippen LogP contribution < -0.4 is 10.1 Å². The molecule has 1 N–H and O–H groups in total. The third-order valence-corrected chi connectivity index (χ3v) is 5.54. The van der Waals surface area contributed by atoms with Crippen LogP contribution in [0.1, 0.15) is 18.1 Å². The Morgan fingerprint density at radius 2 is 1.81 bits per heavy atom. The second kappa shape index (κ2) is 9.61. The molecule has 0 spiro atoms. The van der Waals surface area contributed by atoms with Gasteiger partial charge in [-0.15, -0.1) is 10.2 Å². The monoisotopic (exact) mass is 433 g/mol. The highest BCUT2D eigenvalue weighted by Gasteiger charge is 2.11. The molecule has 1 amide bonds. The van der Waals surface area contributed by atoms with Crippen molar-refractivity contribution in [2.45, 2.75) is 25.4 Å². The molecule has 158 valence electrons. The number of thioether (sulfide) groups is 1. The van der Waals surface area contributed by atoms with Gasteiger partial charge in [0.1, 0.15) is 10.8 Å². The summed E-state index contributed by atoms with van der Waals surface area (Å²) in [6.07, 6.45) is 0. The van der Waals surface area contributed by atoms with Crippen molar-refractivity contribution in [3.63, 3.8) is 0 Å². The zero-order valence-corrected chi connectivity index (χ0v) is 18.2. The third kappa shape index (κ3) is 5.21. The minimum atomic E-state index is -0.0389. The number of ether oxygens (including phenoxy) is 1. The fourth-order valence-electron chi connectivity index (χ4n) is 2.99. The topological polar surface area (TPSA) is 81.4 Å². The van der Waals surface area contributed by atoms with E-state index in [-0.39, 0.29) is 11.7 Å². The van der Waals surface area contributed by atoms with Gasteiger partial charge in [-0.2, -0.15) is 9.61 Å². The summed E-state index contributed by atoms with van der Waals surface area (Å²) in [5.74, 6) is 1.69. The highest BCUT2D eigenvalue weighted by atomic mass is 32.2. The van der Waals surface area contributed by atoms with Crippen LogP contribution in [0.2, 0.25) is 0 Å². The molecule has 2 aromatic heterocycles. The van der Waals surface area contributed by atoms with Crippen LogP contribution in [0.4, 0.5) is 0 Å². The van der Waals surface area contributed by atoms with Crippen molar-refractivity contribution in [3.8, 4) is 17.1 Å². The zero-order valence-electron chi connectivity index (χ0n) is 17.4. The average Bonchev–Trinajstić information content (AvgIpc) is 3.21. The van der Waals surface area contributed by atoms with E-state index in [1.807, 2.05) is 74.5 Å². The lowest BCUT2D eigenvalue weighted by molar-refractivity contribution is -0.118. The van der Waals surface area contributed by atoms with E-state index in [0.717, 1.165) is 21.9 Å². The molecule has 8 heteroatoms. The summed E-state index contributed by atoms with van der Waals surface area (Å²) in [5.41, 5.74) is 3.82. The van der Waals surface area contributed by atoms with Gasteiger partial charge >= 0.3 is 0 Å². The van der Waals surface area contributed by atoms with Crippen molar-refractivity contribution in [1.82, 2.24) is 25.1 Å². The van der Waals surface area contributed by atoms with Crippen LogP contribution in [0.5, 0.6) is 5.75 Å². The predicted octanol–water partition coefficient (Wildman–Crippen LogP) is 3.91. The fraction of sp³-hybridized carbons (Fsp3) is 0.217. The smallest absolute Gasteiger partial charge is 0.230 e. The SMILES string of the molecule is CCOc1ccc(-c2nnc3ccc(SCC(=O)NCc4ccc(C)cc4)nn23)cc1. The highest BCUT2D eigenvalue weighted by molar-refractivity contribution is 7.99. The van der Waals surface area contributed by atoms with Gasteiger partial charge in [0.2, 0.25) is 5.91 Å². The van der Waals surface area contributed by atoms with E-state index in [1.54, 1.807) is 4.52 Å². The Balaban J connectivity index is 1.41. The van der Waals surface area contributed by atoms with Crippen molar-refractivity contribution in [2.75, 3.05) is 12.4 Å². The molecule has 4 aromatic rings. The van der Waals surface area contributed by atoms with Gasteiger partial charge in [0.05, 0.1) is 12.4 Å². The number of carbonyl (C=O) groups is 1.